The number of benzene rings is 1. The van der Waals surface area contributed by atoms with Crippen molar-refractivity contribution < 1.29 is 4.08 Å². The monoisotopic (exact) mass is 396 g/mol. The molecule has 0 unspecified atom stereocenters. The number of rotatable bonds is 2. The summed E-state index contributed by atoms with van der Waals surface area (Å²) in [7, 11) is 0. The first-order valence-electron chi connectivity index (χ1n) is 2.98. The van der Waals surface area contributed by atoms with Crippen LogP contribution in [0.15, 0.2) is 30.3 Å². The van der Waals surface area contributed by atoms with Crippen molar-refractivity contribution in [2.24, 2.45) is 0 Å². The second-order valence-corrected chi connectivity index (χ2v) is 25.5. The second-order valence-electron chi connectivity index (χ2n) is 2.15. The molecule has 1 aromatic rings. The Bertz CT molecular complexity index is 271. The van der Waals surface area contributed by atoms with Crippen molar-refractivity contribution in [3.05, 3.63) is 30.3 Å². The maximum absolute atomic E-state index is 5.39. The first-order chi connectivity index (χ1) is 5.44. The molecule has 0 spiro atoms. The SMILES string of the molecule is ClOP(Br)(Br)(Br)c1ccccc1. The maximum atomic E-state index is 5.39. The summed E-state index contributed by atoms with van der Waals surface area (Å²) in [5, 5.41) is 0.943. The van der Waals surface area contributed by atoms with E-state index >= 15 is 0 Å². The molecule has 0 aromatic heterocycles. The van der Waals surface area contributed by atoms with Gasteiger partial charge in [0.25, 0.3) is 0 Å². The van der Waals surface area contributed by atoms with Crippen molar-refractivity contribution in [3.63, 3.8) is 0 Å². The Labute approximate surface area is 100 Å². The van der Waals surface area contributed by atoms with Crippen LogP contribution in [-0.4, -0.2) is 0 Å². The zero-order valence-electron chi connectivity index (χ0n) is 5.75. The summed E-state index contributed by atoms with van der Waals surface area (Å²) in [5.41, 5.74) is 0. The first-order valence-corrected chi connectivity index (χ1v) is 11.5. The van der Waals surface area contributed by atoms with E-state index in [4.69, 9.17) is 15.9 Å². The summed E-state index contributed by atoms with van der Waals surface area (Å²) in [6.07, 6.45) is 0. The number of hydrogen-bond donors (Lipinski definition) is 0. The van der Waals surface area contributed by atoms with Gasteiger partial charge in [-0.1, -0.05) is 0 Å². The summed E-state index contributed by atoms with van der Waals surface area (Å²) in [6, 6.07) is 9.58. The fourth-order valence-corrected chi connectivity index (χ4v) is 3.78. The van der Waals surface area contributed by atoms with Crippen LogP contribution < -0.4 is 5.30 Å². The number of halogens is 4. The molecule has 6 heteroatoms. The average molecular weight is 399 g/mol. The molecule has 1 nitrogen and oxygen atoms in total. The third kappa shape index (κ3) is 2.66. The van der Waals surface area contributed by atoms with Gasteiger partial charge in [-0.2, -0.15) is 0 Å². The van der Waals surface area contributed by atoms with E-state index in [-0.39, 0.29) is 0 Å². The van der Waals surface area contributed by atoms with Crippen molar-refractivity contribution in [1.82, 2.24) is 0 Å². The zero-order chi connectivity index (χ0) is 9.27. The van der Waals surface area contributed by atoms with Gasteiger partial charge < -0.3 is 0 Å². The van der Waals surface area contributed by atoms with E-state index in [0.29, 0.717) is 0 Å². The molecule has 68 valence electrons. The Morgan fingerprint density at radius 2 is 1.58 bits per heavy atom. The van der Waals surface area contributed by atoms with Gasteiger partial charge in [-0.15, -0.1) is 0 Å². The van der Waals surface area contributed by atoms with Gasteiger partial charge in [-0.05, 0) is 0 Å². The van der Waals surface area contributed by atoms with Crippen LogP contribution in [0.4, 0.5) is 0 Å². The minimum atomic E-state index is -2.81. The van der Waals surface area contributed by atoms with Crippen molar-refractivity contribution in [2.45, 2.75) is 0 Å². The second kappa shape index (κ2) is 3.84. The molecule has 12 heavy (non-hydrogen) atoms. The van der Waals surface area contributed by atoms with E-state index in [1.807, 2.05) is 30.3 Å². The Kier molecular flexibility index (Phi) is 3.65. The molecule has 0 radical (unpaired) electrons. The van der Waals surface area contributed by atoms with E-state index < -0.39 is 2.94 Å². The molecule has 0 saturated carbocycles. The molecule has 1 aromatic carbocycles. The summed E-state index contributed by atoms with van der Waals surface area (Å²) in [4.78, 5) is 0. The Morgan fingerprint density at radius 1 is 1.08 bits per heavy atom. The summed E-state index contributed by atoms with van der Waals surface area (Å²) in [6.45, 7) is 0. The summed E-state index contributed by atoms with van der Waals surface area (Å²) >= 11 is 15.6. The molecule has 0 aliphatic heterocycles. The van der Waals surface area contributed by atoms with Gasteiger partial charge in [0.05, 0.1) is 0 Å². The van der Waals surface area contributed by atoms with Crippen LogP contribution in [0.3, 0.4) is 0 Å². The molecule has 0 aliphatic carbocycles. The predicted molar refractivity (Wildman–Crippen MR) is 66.7 cm³/mol. The van der Waals surface area contributed by atoms with Crippen LogP contribution in [0.2, 0.25) is 0 Å². The predicted octanol–water partition coefficient (Wildman–Crippen LogP) is 4.88. The third-order valence-corrected chi connectivity index (χ3v) is 9.90. The zero-order valence-corrected chi connectivity index (χ0v) is 12.2. The molecule has 0 amide bonds. The first kappa shape index (κ1) is 11.4. The fraction of sp³-hybridized carbons (Fsp3) is 0. The van der Waals surface area contributed by atoms with Gasteiger partial charge in [0, 0.05) is 0 Å². The van der Waals surface area contributed by atoms with E-state index in [1.54, 1.807) is 0 Å². The molecule has 0 saturated heterocycles. The Morgan fingerprint density at radius 3 is 2.00 bits per heavy atom. The summed E-state index contributed by atoms with van der Waals surface area (Å²) in [5.74, 6) is 0. The average Bonchev–Trinajstić information content (AvgIpc) is 2.06. The van der Waals surface area contributed by atoms with Gasteiger partial charge in [0.2, 0.25) is 0 Å². The molecule has 0 fully saturated rings. The topological polar surface area (TPSA) is 9.23 Å². The minimum absolute atomic E-state index is 0.943. The number of hydrogen-bond acceptors (Lipinski definition) is 1. The molecule has 0 bridgehead atoms. The van der Waals surface area contributed by atoms with Gasteiger partial charge in [0.1, 0.15) is 0 Å². The van der Waals surface area contributed by atoms with Gasteiger partial charge in [-0.25, -0.2) is 0 Å². The molecule has 0 atom stereocenters. The summed E-state index contributed by atoms with van der Waals surface area (Å²) < 4.78 is 2.05. The van der Waals surface area contributed by atoms with E-state index in [1.165, 1.54) is 0 Å². The van der Waals surface area contributed by atoms with Crippen LogP contribution in [-0.2, 0) is 4.08 Å². The molecule has 0 aliphatic rings. The van der Waals surface area contributed by atoms with Gasteiger partial charge in [-0.3, -0.25) is 0 Å². The van der Waals surface area contributed by atoms with E-state index in [2.05, 4.69) is 46.5 Å². The van der Waals surface area contributed by atoms with Crippen molar-refractivity contribution in [2.75, 3.05) is 0 Å². The third-order valence-electron chi connectivity index (χ3n) is 1.27. The Balaban J connectivity index is 3.14. The van der Waals surface area contributed by atoms with Crippen molar-refractivity contribution in [1.29, 1.82) is 0 Å². The van der Waals surface area contributed by atoms with Crippen LogP contribution in [0.1, 0.15) is 0 Å². The molecular weight excluding hydrogens is 394 g/mol. The van der Waals surface area contributed by atoms with Crippen molar-refractivity contribution >= 4 is 66.6 Å². The fourth-order valence-electron chi connectivity index (χ4n) is 0.698. The van der Waals surface area contributed by atoms with Crippen LogP contribution in [0, 0.1) is 0 Å². The molecule has 1 rings (SSSR count). The standard InChI is InChI=1S/C6H5Br3ClOP/c7-12(8,9,11-10)6-4-2-1-3-5-6/h1-5H. The molecular formula is C6H5Br3ClOP. The van der Waals surface area contributed by atoms with Crippen LogP contribution >= 0.6 is 61.3 Å². The van der Waals surface area contributed by atoms with E-state index in [9.17, 15) is 0 Å². The van der Waals surface area contributed by atoms with Gasteiger partial charge in [0.15, 0.2) is 0 Å². The van der Waals surface area contributed by atoms with Crippen molar-refractivity contribution in [3.8, 4) is 0 Å². The van der Waals surface area contributed by atoms with E-state index in [0.717, 1.165) is 5.30 Å². The van der Waals surface area contributed by atoms with Crippen LogP contribution in [0.5, 0.6) is 0 Å². The Hall–Kier alpha value is 1.34. The quantitative estimate of drug-likeness (QED) is 0.645. The molecule has 0 N–H and O–H groups in total. The normalized spacial score (nSPS) is 15.2. The van der Waals surface area contributed by atoms with Gasteiger partial charge >= 0.3 is 101 Å². The molecule has 0 heterocycles. The van der Waals surface area contributed by atoms with Crippen LogP contribution in [0.25, 0.3) is 0 Å².